The van der Waals surface area contributed by atoms with Crippen LogP contribution in [-0.4, -0.2) is 25.7 Å². The van der Waals surface area contributed by atoms with Gasteiger partial charge in [-0.15, -0.1) is 0 Å². The van der Waals surface area contributed by atoms with Crippen LogP contribution in [0.3, 0.4) is 0 Å². The zero-order chi connectivity index (χ0) is 18.9. The van der Waals surface area contributed by atoms with E-state index in [9.17, 15) is 4.79 Å². The number of carbonyl (C=O) groups excluding carboxylic acids is 1. The van der Waals surface area contributed by atoms with Crippen LogP contribution in [0.1, 0.15) is 35.1 Å². The van der Waals surface area contributed by atoms with Crippen LogP contribution in [0.2, 0.25) is 0 Å². The van der Waals surface area contributed by atoms with E-state index in [-0.39, 0.29) is 17.4 Å². The van der Waals surface area contributed by atoms with Gasteiger partial charge in [0, 0.05) is 19.8 Å². The van der Waals surface area contributed by atoms with E-state index in [1.165, 1.54) is 0 Å². The number of ether oxygens (including phenoxy) is 1. The fourth-order valence-electron chi connectivity index (χ4n) is 4.32. The Bertz CT molecular complexity index is 859. The summed E-state index contributed by atoms with van der Waals surface area (Å²) in [6, 6.07) is 11.6. The molecule has 2 aliphatic heterocycles. The SMILES string of the molecule is Cc1ccccc1C1(C(=O)Nc2ccc3c(c2F)CCNC3)CCOCC1. The summed E-state index contributed by atoms with van der Waals surface area (Å²) in [4.78, 5) is 13.4. The standard InChI is InChI=1S/C22H25FN2O2/c1-15-4-2-3-5-18(15)22(9-12-27-13-10-22)21(26)25-19-7-6-16-14-24-11-8-17(16)20(19)23/h2-7,24H,8-14H2,1H3,(H,25,26). The molecular formula is C22H25FN2O2. The van der Waals surface area contributed by atoms with Gasteiger partial charge in [-0.25, -0.2) is 4.39 Å². The zero-order valence-corrected chi connectivity index (χ0v) is 15.6. The lowest BCUT2D eigenvalue weighted by Crippen LogP contribution is -2.45. The largest absolute Gasteiger partial charge is 0.381 e. The average molecular weight is 368 g/mol. The quantitative estimate of drug-likeness (QED) is 0.872. The van der Waals surface area contributed by atoms with Gasteiger partial charge in [-0.05, 0) is 61.1 Å². The van der Waals surface area contributed by atoms with Crippen molar-refractivity contribution in [3.8, 4) is 0 Å². The van der Waals surface area contributed by atoms with Crippen molar-refractivity contribution >= 4 is 11.6 Å². The topological polar surface area (TPSA) is 50.4 Å². The first-order valence-electron chi connectivity index (χ1n) is 9.58. The molecule has 0 atom stereocenters. The number of amides is 1. The van der Waals surface area contributed by atoms with Gasteiger partial charge >= 0.3 is 0 Å². The van der Waals surface area contributed by atoms with Gasteiger partial charge in [0.2, 0.25) is 5.91 Å². The first-order valence-corrected chi connectivity index (χ1v) is 9.58. The highest BCUT2D eigenvalue weighted by molar-refractivity contribution is 5.99. The first kappa shape index (κ1) is 18.1. The first-order chi connectivity index (χ1) is 13.1. The molecule has 1 fully saturated rings. The molecule has 2 aliphatic rings. The summed E-state index contributed by atoms with van der Waals surface area (Å²) < 4.78 is 20.5. The van der Waals surface area contributed by atoms with E-state index in [1.54, 1.807) is 6.07 Å². The van der Waals surface area contributed by atoms with Crippen LogP contribution < -0.4 is 10.6 Å². The third-order valence-electron chi connectivity index (χ3n) is 5.90. The minimum Gasteiger partial charge on any atom is -0.381 e. The number of benzene rings is 2. The number of aryl methyl sites for hydroxylation is 1. The number of halogens is 1. The number of nitrogens with one attached hydrogen (secondary N) is 2. The maximum absolute atomic E-state index is 15.0. The summed E-state index contributed by atoms with van der Waals surface area (Å²) in [5.41, 5.74) is 3.35. The molecule has 5 heteroatoms. The lowest BCUT2D eigenvalue weighted by molar-refractivity contribution is -0.125. The molecule has 0 unspecified atom stereocenters. The van der Waals surface area contributed by atoms with Gasteiger partial charge in [-0.1, -0.05) is 30.3 Å². The second-order valence-corrected chi connectivity index (χ2v) is 7.46. The molecule has 1 saturated heterocycles. The number of rotatable bonds is 3. The van der Waals surface area contributed by atoms with Crippen LogP contribution in [0, 0.1) is 12.7 Å². The molecule has 2 N–H and O–H groups in total. The van der Waals surface area contributed by atoms with Crippen LogP contribution in [0.25, 0.3) is 0 Å². The minimum absolute atomic E-state index is 0.145. The van der Waals surface area contributed by atoms with Crippen molar-refractivity contribution in [1.82, 2.24) is 5.32 Å². The van der Waals surface area contributed by atoms with Crippen LogP contribution in [0.15, 0.2) is 36.4 Å². The normalized spacial score (nSPS) is 18.6. The van der Waals surface area contributed by atoms with Gasteiger partial charge in [0.15, 0.2) is 0 Å². The number of hydrogen-bond acceptors (Lipinski definition) is 3. The number of fused-ring (bicyclic) bond motifs is 1. The third-order valence-corrected chi connectivity index (χ3v) is 5.90. The van der Waals surface area contributed by atoms with Crippen molar-refractivity contribution in [2.24, 2.45) is 0 Å². The van der Waals surface area contributed by atoms with Crippen molar-refractivity contribution in [3.05, 3.63) is 64.5 Å². The van der Waals surface area contributed by atoms with Gasteiger partial charge < -0.3 is 15.4 Å². The molecule has 0 aliphatic carbocycles. The van der Waals surface area contributed by atoms with E-state index < -0.39 is 5.41 Å². The van der Waals surface area contributed by atoms with Crippen molar-refractivity contribution in [1.29, 1.82) is 0 Å². The summed E-state index contributed by atoms with van der Waals surface area (Å²) in [5.74, 6) is -0.442. The highest BCUT2D eigenvalue weighted by Crippen LogP contribution is 2.38. The highest BCUT2D eigenvalue weighted by atomic mass is 19.1. The molecule has 0 radical (unpaired) electrons. The van der Waals surface area contributed by atoms with E-state index in [4.69, 9.17) is 4.74 Å². The van der Waals surface area contributed by atoms with Crippen molar-refractivity contribution in [2.75, 3.05) is 25.1 Å². The molecule has 2 aromatic rings. The molecule has 27 heavy (non-hydrogen) atoms. The van der Waals surface area contributed by atoms with Crippen LogP contribution in [-0.2, 0) is 27.9 Å². The van der Waals surface area contributed by atoms with Gasteiger partial charge in [-0.3, -0.25) is 4.79 Å². The molecule has 2 heterocycles. The highest BCUT2D eigenvalue weighted by Gasteiger charge is 2.42. The maximum atomic E-state index is 15.0. The van der Waals surface area contributed by atoms with E-state index in [1.807, 2.05) is 37.3 Å². The molecule has 4 rings (SSSR count). The molecule has 0 bridgehead atoms. The number of anilines is 1. The predicted octanol–water partition coefficient (Wildman–Crippen LogP) is 3.47. The van der Waals surface area contributed by atoms with Crippen LogP contribution in [0.5, 0.6) is 0 Å². The molecule has 1 amide bonds. The van der Waals surface area contributed by atoms with Crippen LogP contribution in [0.4, 0.5) is 10.1 Å². The molecule has 0 aromatic heterocycles. The summed E-state index contributed by atoms with van der Waals surface area (Å²) in [6.45, 7) is 4.50. The zero-order valence-electron chi connectivity index (χ0n) is 15.6. The Hall–Kier alpha value is -2.24. The second kappa shape index (κ2) is 7.41. The smallest absolute Gasteiger partial charge is 0.235 e. The fourth-order valence-corrected chi connectivity index (χ4v) is 4.32. The van der Waals surface area contributed by atoms with E-state index in [2.05, 4.69) is 10.6 Å². The van der Waals surface area contributed by atoms with Crippen molar-refractivity contribution < 1.29 is 13.9 Å². The number of carbonyl (C=O) groups is 1. The minimum atomic E-state index is -0.687. The Morgan fingerprint density at radius 1 is 1.19 bits per heavy atom. The lowest BCUT2D eigenvalue weighted by Gasteiger charge is -2.37. The Balaban J connectivity index is 1.68. The monoisotopic (exact) mass is 368 g/mol. The predicted molar refractivity (Wildman–Crippen MR) is 103 cm³/mol. The molecule has 4 nitrogen and oxygen atoms in total. The fraction of sp³-hybridized carbons (Fsp3) is 0.409. The lowest BCUT2D eigenvalue weighted by atomic mass is 9.71. The third kappa shape index (κ3) is 3.26. The summed E-state index contributed by atoms with van der Waals surface area (Å²) in [5, 5.41) is 6.15. The van der Waals surface area contributed by atoms with E-state index >= 15 is 4.39 Å². The molecule has 0 saturated carbocycles. The second-order valence-electron chi connectivity index (χ2n) is 7.46. The van der Waals surface area contributed by atoms with Gasteiger partial charge in [0.05, 0.1) is 11.1 Å². The molecular weight excluding hydrogens is 343 g/mol. The molecule has 142 valence electrons. The summed E-state index contributed by atoms with van der Waals surface area (Å²) in [6.07, 6.45) is 1.84. The molecule has 0 spiro atoms. The Labute approximate surface area is 159 Å². The Morgan fingerprint density at radius 2 is 1.96 bits per heavy atom. The van der Waals surface area contributed by atoms with Gasteiger partial charge in [-0.2, -0.15) is 0 Å². The summed E-state index contributed by atoms with van der Waals surface area (Å²) in [7, 11) is 0. The van der Waals surface area contributed by atoms with E-state index in [0.29, 0.717) is 44.6 Å². The average Bonchev–Trinajstić information content (AvgIpc) is 2.71. The van der Waals surface area contributed by atoms with Gasteiger partial charge in [0.1, 0.15) is 5.82 Å². The van der Waals surface area contributed by atoms with Crippen molar-refractivity contribution in [2.45, 2.75) is 38.1 Å². The Kier molecular flexibility index (Phi) is 4.98. The van der Waals surface area contributed by atoms with E-state index in [0.717, 1.165) is 23.2 Å². The van der Waals surface area contributed by atoms with Crippen LogP contribution >= 0.6 is 0 Å². The maximum Gasteiger partial charge on any atom is 0.235 e. The molecule has 2 aromatic carbocycles. The van der Waals surface area contributed by atoms with Crippen molar-refractivity contribution in [3.63, 3.8) is 0 Å². The van der Waals surface area contributed by atoms with Gasteiger partial charge in [0.25, 0.3) is 0 Å². The Morgan fingerprint density at radius 3 is 2.74 bits per heavy atom. The number of hydrogen-bond donors (Lipinski definition) is 2. The summed E-state index contributed by atoms with van der Waals surface area (Å²) >= 11 is 0.